The second-order valence-electron chi connectivity index (χ2n) is 14.2. The number of halogens is 6. The highest BCUT2D eigenvalue weighted by molar-refractivity contribution is 6.09. The van der Waals surface area contributed by atoms with Crippen molar-refractivity contribution in [2.75, 3.05) is 0 Å². The van der Waals surface area contributed by atoms with Gasteiger partial charge in [-0.2, -0.15) is 26.3 Å². The van der Waals surface area contributed by atoms with Crippen LogP contribution in [0.2, 0.25) is 0 Å². The smallest absolute Gasteiger partial charge is 0.411 e. The van der Waals surface area contributed by atoms with Gasteiger partial charge in [0.05, 0.1) is 0 Å². The molecule has 0 aromatic heterocycles. The molecule has 0 bridgehead atoms. The number of ketones is 2. The predicted octanol–water partition coefficient (Wildman–Crippen LogP) is 13.1. The first-order valence-electron chi connectivity index (χ1n) is 18.5. The molecule has 11 heteroatoms. The van der Waals surface area contributed by atoms with Crippen LogP contribution >= 0.6 is 0 Å². The summed E-state index contributed by atoms with van der Waals surface area (Å²) < 4.78 is 101. The van der Waals surface area contributed by atoms with Crippen molar-refractivity contribution in [2.45, 2.75) is 31.6 Å². The van der Waals surface area contributed by atoms with Crippen molar-refractivity contribution >= 4 is 11.6 Å². The Balaban J connectivity index is 1.05. The van der Waals surface area contributed by atoms with Crippen LogP contribution in [0.15, 0.2) is 164 Å². The molecule has 7 aromatic rings. The summed E-state index contributed by atoms with van der Waals surface area (Å²) in [6.45, 7) is 3.68. The largest absolute Gasteiger partial charge is 0.508 e. The molecule has 0 heterocycles. The Bertz CT molecular complexity index is 2620. The van der Waals surface area contributed by atoms with E-state index in [-0.39, 0.29) is 40.3 Å². The number of aryl methyl sites for hydroxylation is 2. The zero-order valence-electron chi connectivity index (χ0n) is 31.9. The summed E-state index contributed by atoms with van der Waals surface area (Å²) in [5, 5.41) is 10.0. The van der Waals surface area contributed by atoms with Gasteiger partial charge in [0.15, 0.2) is 11.6 Å². The van der Waals surface area contributed by atoms with E-state index in [1.807, 2.05) is 13.0 Å². The first-order chi connectivity index (χ1) is 28.5. The Kier molecular flexibility index (Phi) is 11.1. The van der Waals surface area contributed by atoms with Crippen LogP contribution in [0, 0.1) is 13.8 Å². The molecule has 0 atom stereocenters. The molecule has 5 nitrogen and oxygen atoms in total. The Morgan fingerprint density at radius 1 is 0.433 bits per heavy atom. The molecular weight excluding hydrogens is 783 g/mol. The summed E-state index contributed by atoms with van der Waals surface area (Å²) in [5.41, 5.74) is -1.69. The molecule has 0 fully saturated rings. The molecule has 302 valence electrons. The van der Waals surface area contributed by atoms with Crippen LogP contribution in [0.3, 0.4) is 0 Å². The molecule has 7 rings (SSSR count). The Morgan fingerprint density at radius 3 is 1.10 bits per heavy atom. The molecular formula is C49H34F6O5. The van der Waals surface area contributed by atoms with Gasteiger partial charge in [-0.05, 0) is 121 Å². The minimum Gasteiger partial charge on any atom is -0.508 e. The lowest BCUT2D eigenvalue weighted by atomic mass is 9.73. The highest BCUT2D eigenvalue weighted by atomic mass is 19.4. The van der Waals surface area contributed by atoms with Crippen LogP contribution in [0.5, 0.6) is 28.7 Å². The number of rotatable bonds is 11. The number of hydrogen-bond donors (Lipinski definition) is 1. The standard InChI is InChI=1S/C49H34F6O5/c1-30-3-6-33(7-4-30)45(57)35-13-21-40(22-14-35)59-42-25-17-38(18-26-42)47(48(50,51)52,49(53,54)55)39-19-27-43(28-20-39)60-41-23-15-36(16-24-41)46(58)34-11-9-32(10-12-34)37-8-5-31(2)44(56)29-37/h3-29,56H,1-2H3. The third kappa shape index (κ3) is 8.24. The van der Waals surface area contributed by atoms with Gasteiger partial charge in [-0.1, -0.05) is 90.5 Å². The minimum atomic E-state index is -5.82. The molecule has 0 saturated heterocycles. The summed E-state index contributed by atoms with van der Waals surface area (Å²) in [4.78, 5) is 26.0. The maximum absolute atomic E-state index is 14.9. The summed E-state index contributed by atoms with van der Waals surface area (Å²) in [5.74, 6) is -0.0247. The van der Waals surface area contributed by atoms with Crippen molar-refractivity contribution in [1.82, 2.24) is 0 Å². The molecule has 0 aliphatic heterocycles. The van der Waals surface area contributed by atoms with E-state index in [0.717, 1.165) is 70.8 Å². The molecule has 0 amide bonds. The molecule has 0 saturated carbocycles. The molecule has 1 N–H and O–H groups in total. The van der Waals surface area contributed by atoms with Gasteiger partial charge in [0.2, 0.25) is 5.41 Å². The fraction of sp³-hybridized carbons (Fsp3) is 0.102. The quantitative estimate of drug-likeness (QED) is 0.104. The van der Waals surface area contributed by atoms with Gasteiger partial charge >= 0.3 is 12.4 Å². The van der Waals surface area contributed by atoms with Gasteiger partial charge in [0.25, 0.3) is 0 Å². The lowest BCUT2D eigenvalue weighted by molar-refractivity contribution is -0.288. The number of aromatic hydroxyl groups is 1. The highest BCUT2D eigenvalue weighted by Crippen LogP contribution is 2.56. The van der Waals surface area contributed by atoms with Gasteiger partial charge in [0, 0.05) is 22.3 Å². The number of alkyl halides is 6. The Hall–Kier alpha value is -7.14. The maximum Gasteiger partial charge on any atom is 0.411 e. The van der Waals surface area contributed by atoms with Crippen molar-refractivity contribution < 1.29 is 50.5 Å². The fourth-order valence-corrected chi connectivity index (χ4v) is 6.79. The summed E-state index contributed by atoms with van der Waals surface area (Å²) in [7, 11) is 0. The number of phenols is 1. The first kappa shape index (κ1) is 41.0. The predicted molar refractivity (Wildman–Crippen MR) is 215 cm³/mol. The zero-order chi connectivity index (χ0) is 42.8. The monoisotopic (exact) mass is 816 g/mol. The Morgan fingerprint density at radius 2 is 0.750 bits per heavy atom. The molecule has 0 spiro atoms. The van der Waals surface area contributed by atoms with Crippen LogP contribution in [-0.4, -0.2) is 29.0 Å². The fourth-order valence-electron chi connectivity index (χ4n) is 6.79. The van der Waals surface area contributed by atoms with Crippen LogP contribution in [0.1, 0.15) is 54.1 Å². The molecule has 0 unspecified atom stereocenters. The van der Waals surface area contributed by atoms with Gasteiger partial charge in [-0.15, -0.1) is 0 Å². The lowest BCUT2D eigenvalue weighted by Gasteiger charge is -2.38. The maximum atomic E-state index is 14.9. The second kappa shape index (κ2) is 16.2. The number of phenolic OH excluding ortho intramolecular Hbond substituents is 1. The summed E-state index contributed by atoms with van der Waals surface area (Å²) >= 11 is 0. The number of hydrogen-bond acceptors (Lipinski definition) is 5. The molecule has 7 aromatic carbocycles. The third-order valence-electron chi connectivity index (χ3n) is 10.1. The minimum absolute atomic E-state index is 0.0241. The molecule has 0 radical (unpaired) electrons. The van der Waals surface area contributed by atoms with Crippen molar-refractivity contribution in [3.63, 3.8) is 0 Å². The average molecular weight is 817 g/mol. The number of ether oxygens (including phenoxy) is 2. The molecule has 0 aliphatic rings. The van der Waals surface area contributed by atoms with Gasteiger partial charge < -0.3 is 14.6 Å². The lowest BCUT2D eigenvalue weighted by Crippen LogP contribution is -2.54. The van der Waals surface area contributed by atoms with Crippen LogP contribution in [0.4, 0.5) is 26.3 Å². The van der Waals surface area contributed by atoms with Crippen LogP contribution in [-0.2, 0) is 5.41 Å². The SMILES string of the molecule is Cc1ccc(C(=O)c2ccc(Oc3ccc(C(c4ccc(Oc5ccc(C(=O)c6ccc(-c7ccc(C)c(O)c7)cc6)cc5)cc4)(C(F)(F)F)C(F)(F)F)cc3)cc2)cc1. The van der Waals surface area contributed by atoms with Crippen molar-refractivity contribution in [3.8, 4) is 39.9 Å². The first-order valence-corrected chi connectivity index (χ1v) is 18.5. The summed E-state index contributed by atoms with van der Waals surface area (Å²) in [6.07, 6.45) is -11.6. The molecule has 60 heavy (non-hydrogen) atoms. The highest BCUT2D eigenvalue weighted by Gasteiger charge is 2.72. The van der Waals surface area contributed by atoms with E-state index in [1.54, 1.807) is 67.6 Å². The van der Waals surface area contributed by atoms with E-state index in [2.05, 4.69) is 0 Å². The number of benzene rings is 7. The van der Waals surface area contributed by atoms with Gasteiger partial charge in [0.1, 0.15) is 28.7 Å². The number of carbonyl (C=O) groups excluding carboxylic acids is 2. The molecule has 0 aliphatic carbocycles. The van der Waals surface area contributed by atoms with E-state index in [4.69, 9.17) is 9.47 Å². The van der Waals surface area contributed by atoms with Crippen LogP contribution < -0.4 is 9.47 Å². The normalized spacial score (nSPS) is 11.9. The van der Waals surface area contributed by atoms with Gasteiger partial charge in [-0.3, -0.25) is 9.59 Å². The van der Waals surface area contributed by atoms with Crippen molar-refractivity contribution in [3.05, 3.63) is 208 Å². The number of carbonyl (C=O) groups is 2. The van der Waals surface area contributed by atoms with E-state index < -0.39 is 28.9 Å². The van der Waals surface area contributed by atoms with E-state index in [0.29, 0.717) is 22.3 Å². The second-order valence-corrected chi connectivity index (χ2v) is 14.2. The Labute approximate surface area is 341 Å². The van der Waals surface area contributed by atoms with E-state index >= 15 is 0 Å². The van der Waals surface area contributed by atoms with Crippen molar-refractivity contribution in [2.24, 2.45) is 0 Å². The topological polar surface area (TPSA) is 72.8 Å². The van der Waals surface area contributed by atoms with Crippen LogP contribution in [0.25, 0.3) is 11.1 Å². The third-order valence-corrected chi connectivity index (χ3v) is 10.1. The zero-order valence-corrected chi connectivity index (χ0v) is 31.9. The van der Waals surface area contributed by atoms with Crippen molar-refractivity contribution in [1.29, 1.82) is 0 Å². The van der Waals surface area contributed by atoms with E-state index in [9.17, 15) is 41.0 Å². The van der Waals surface area contributed by atoms with Gasteiger partial charge in [-0.25, -0.2) is 0 Å². The van der Waals surface area contributed by atoms with E-state index in [1.165, 1.54) is 48.5 Å². The summed E-state index contributed by atoms with van der Waals surface area (Å²) in [6, 6.07) is 38.0. The average Bonchev–Trinajstić information content (AvgIpc) is 3.23.